The summed E-state index contributed by atoms with van der Waals surface area (Å²) in [6, 6.07) is 12.8. The molecule has 2 aromatic rings. The Morgan fingerprint density at radius 2 is 1.80 bits per heavy atom. The van der Waals surface area contributed by atoms with Gasteiger partial charge in [-0.15, -0.1) is 0 Å². The molecule has 0 spiro atoms. The van der Waals surface area contributed by atoms with E-state index >= 15 is 0 Å². The van der Waals surface area contributed by atoms with E-state index in [2.05, 4.69) is 15.9 Å². The van der Waals surface area contributed by atoms with Gasteiger partial charge in [0, 0.05) is 20.4 Å². The van der Waals surface area contributed by atoms with Crippen LogP contribution in [0.3, 0.4) is 0 Å². The third kappa shape index (κ3) is 4.13. The van der Waals surface area contributed by atoms with E-state index in [0.717, 1.165) is 15.8 Å². The molecule has 0 saturated carbocycles. The van der Waals surface area contributed by atoms with Crippen LogP contribution >= 0.6 is 39.1 Å². The highest BCUT2D eigenvalue weighted by Gasteiger charge is 2.15. The summed E-state index contributed by atoms with van der Waals surface area (Å²) >= 11 is 15.4. The molecule has 0 unspecified atom stereocenters. The van der Waals surface area contributed by atoms with Crippen molar-refractivity contribution in [1.82, 2.24) is 0 Å². The van der Waals surface area contributed by atoms with Crippen molar-refractivity contribution in [3.63, 3.8) is 0 Å². The lowest BCUT2D eigenvalue weighted by atomic mass is 10.0. The monoisotopic (exact) mass is 374 g/mol. The van der Waals surface area contributed by atoms with Gasteiger partial charge in [0.05, 0.1) is 13.2 Å². The zero-order valence-corrected chi connectivity index (χ0v) is 13.6. The van der Waals surface area contributed by atoms with Crippen molar-refractivity contribution in [2.24, 2.45) is 0 Å². The zero-order valence-electron chi connectivity index (χ0n) is 10.5. The number of benzene rings is 2. The molecule has 2 rings (SSSR count). The molecule has 0 heterocycles. The lowest BCUT2D eigenvalue weighted by Gasteiger charge is -2.17. The molecule has 0 aliphatic rings. The van der Waals surface area contributed by atoms with Crippen LogP contribution < -0.4 is 4.74 Å². The van der Waals surface area contributed by atoms with Crippen LogP contribution in [-0.4, -0.2) is 18.3 Å². The molecule has 0 amide bonds. The number of ether oxygens (including phenoxy) is 1. The van der Waals surface area contributed by atoms with Crippen LogP contribution in [0.15, 0.2) is 46.9 Å². The van der Waals surface area contributed by atoms with Crippen LogP contribution in [0, 0.1) is 0 Å². The average molecular weight is 376 g/mol. The normalized spacial score (nSPS) is 12.2. The van der Waals surface area contributed by atoms with Crippen LogP contribution in [0.4, 0.5) is 0 Å². The lowest BCUT2D eigenvalue weighted by Crippen LogP contribution is -2.14. The molecule has 0 radical (unpaired) electrons. The number of hydrogen-bond donors (Lipinski definition) is 1. The van der Waals surface area contributed by atoms with E-state index in [1.165, 1.54) is 0 Å². The van der Waals surface area contributed by atoms with Crippen LogP contribution in [-0.2, 0) is 0 Å². The summed E-state index contributed by atoms with van der Waals surface area (Å²) in [5.74, 6) is 0.556. The Kier molecular flexibility index (Phi) is 5.73. The van der Waals surface area contributed by atoms with E-state index in [4.69, 9.17) is 27.9 Å². The summed E-state index contributed by atoms with van der Waals surface area (Å²) in [4.78, 5) is 0. The van der Waals surface area contributed by atoms with Crippen LogP contribution in [0.25, 0.3) is 0 Å². The van der Waals surface area contributed by atoms with E-state index in [9.17, 15) is 5.11 Å². The van der Waals surface area contributed by atoms with Gasteiger partial charge < -0.3 is 9.84 Å². The Bertz CT molecular complexity index is 573. The fourth-order valence-electron chi connectivity index (χ4n) is 1.80. The molecule has 0 aliphatic heterocycles. The molecule has 1 atom stereocenters. The number of aliphatic hydroxyl groups is 1. The summed E-state index contributed by atoms with van der Waals surface area (Å²) in [6.45, 7) is 0.303. The molecule has 1 N–H and O–H groups in total. The van der Waals surface area contributed by atoms with Crippen molar-refractivity contribution in [2.45, 2.75) is 5.92 Å². The van der Waals surface area contributed by atoms with Crippen molar-refractivity contribution in [2.75, 3.05) is 13.2 Å². The van der Waals surface area contributed by atoms with E-state index in [1.807, 2.05) is 30.3 Å². The smallest absolute Gasteiger partial charge is 0.119 e. The van der Waals surface area contributed by atoms with E-state index < -0.39 is 0 Å². The van der Waals surface area contributed by atoms with Gasteiger partial charge in [-0.25, -0.2) is 0 Å². The van der Waals surface area contributed by atoms with Gasteiger partial charge in [0.2, 0.25) is 0 Å². The molecule has 0 saturated heterocycles. The van der Waals surface area contributed by atoms with Crippen molar-refractivity contribution < 1.29 is 9.84 Å². The molecular weight excluding hydrogens is 363 g/mol. The second-order valence-corrected chi connectivity index (χ2v) is 6.07. The predicted molar refractivity (Wildman–Crippen MR) is 85.9 cm³/mol. The van der Waals surface area contributed by atoms with Gasteiger partial charge in [-0.2, -0.15) is 0 Å². The average Bonchev–Trinajstić information content (AvgIpc) is 2.43. The second-order valence-electron chi connectivity index (χ2n) is 4.31. The number of aliphatic hydroxyl groups excluding tert-OH is 1. The third-order valence-electron chi connectivity index (χ3n) is 2.89. The summed E-state index contributed by atoms with van der Waals surface area (Å²) in [5.41, 5.74) is 0.829. The largest absolute Gasteiger partial charge is 0.493 e. The Balaban J connectivity index is 2.07. The SMILES string of the molecule is OC[C@H](COc1ccc(Br)cc1)c1ccc(Cl)cc1Cl. The summed E-state index contributed by atoms with van der Waals surface area (Å²) in [6.07, 6.45) is 0. The van der Waals surface area contributed by atoms with Gasteiger partial charge in [0.25, 0.3) is 0 Å². The quantitative estimate of drug-likeness (QED) is 0.804. The Morgan fingerprint density at radius 3 is 2.40 bits per heavy atom. The Morgan fingerprint density at radius 1 is 1.10 bits per heavy atom. The first-order chi connectivity index (χ1) is 9.60. The molecule has 2 aromatic carbocycles. The van der Waals surface area contributed by atoms with E-state index in [1.54, 1.807) is 12.1 Å². The molecule has 106 valence electrons. The van der Waals surface area contributed by atoms with Crippen molar-refractivity contribution >= 4 is 39.1 Å². The maximum Gasteiger partial charge on any atom is 0.119 e. The lowest BCUT2D eigenvalue weighted by molar-refractivity contribution is 0.205. The summed E-state index contributed by atoms with van der Waals surface area (Å²) < 4.78 is 6.67. The van der Waals surface area contributed by atoms with Crippen molar-refractivity contribution in [3.05, 3.63) is 62.5 Å². The van der Waals surface area contributed by atoms with Crippen molar-refractivity contribution in [3.8, 4) is 5.75 Å². The number of halogens is 3. The van der Waals surface area contributed by atoms with Crippen LogP contribution in [0.5, 0.6) is 5.75 Å². The second kappa shape index (κ2) is 7.32. The van der Waals surface area contributed by atoms with Gasteiger partial charge in [-0.05, 0) is 42.0 Å². The topological polar surface area (TPSA) is 29.5 Å². The van der Waals surface area contributed by atoms with Gasteiger partial charge >= 0.3 is 0 Å². The molecule has 2 nitrogen and oxygen atoms in total. The molecule has 20 heavy (non-hydrogen) atoms. The zero-order chi connectivity index (χ0) is 14.5. The van der Waals surface area contributed by atoms with Gasteiger partial charge in [0.1, 0.15) is 5.75 Å². The summed E-state index contributed by atoms with van der Waals surface area (Å²) in [7, 11) is 0. The van der Waals surface area contributed by atoms with Crippen LogP contribution in [0.2, 0.25) is 10.0 Å². The first kappa shape index (κ1) is 15.6. The molecule has 0 aromatic heterocycles. The fraction of sp³-hybridized carbons (Fsp3) is 0.200. The summed E-state index contributed by atoms with van der Waals surface area (Å²) in [5, 5.41) is 10.6. The molecule has 0 fully saturated rings. The molecular formula is C15H13BrCl2O2. The highest BCUT2D eigenvalue weighted by Crippen LogP contribution is 2.28. The molecule has 0 bridgehead atoms. The van der Waals surface area contributed by atoms with Gasteiger partial charge in [-0.1, -0.05) is 45.2 Å². The molecule has 0 aliphatic carbocycles. The predicted octanol–water partition coefficient (Wildman–Crippen LogP) is 4.91. The van der Waals surface area contributed by atoms with Crippen LogP contribution in [0.1, 0.15) is 11.5 Å². The first-order valence-corrected chi connectivity index (χ1v) is 7.59. The molecule has 5 heteroatoms. The Labute approximate surface area is 136 Å². The first-order valence-electron chi connectivity index (χ1n) is 6.04. The third-order valence-corrected chi connectivity index (χ3v) is 3.98. The maximum atomic E-state index is 9.52. The van der Waals surface area contributed by atoms with E-state index in [0.29, 0.717) is 16.7 Å². The van der Waals surface area contributed by atoms with E-state index in [-0.39, 0.29) is 12.5 Å². The van der Waals surface area contributed by atoms with Gasteiger partial charge in [0.15, 0.2) is 0 Å². The van der Waals surface area contributed by atoms with Crippen molar-refractivity contribution in [1.29, 1.82) is 0 Å². The highest BCUT2D eigenvalue weighted by atomic mass is 79.9. The Hall–Kier alpha value is -0.740. The minimum atomic E-state index is -0.191. The highest BCUT2D eigenvalue weighted by molar-refractivity contribution is 9.10. The maximum absolute atomic E-state index is 9.52. The minimum absolute atomic E-state index is 0.0438. The minimum Gasteiger partial charge on any atom is -0.493 e. The fourth-order valence-corrected chi connectivity index (χ4v) is 2.63. The number of rotatable bonds is 5. The standard InChI is InChI=1S/C15H13BrCl2O2/c16-11-1-4-13(5-2-11)20-9-10(8-19)14-6-3-12(17)7-15(14)18/h1-7,10,19H,8-9H2/t10-/m1/s1. The van der Waals surface area contributed by atoms with Gasteiger partial charge in [-0.3, -0.25) is 0 Å². The number of hydrogen-bond acceptors (Lipinski definition) is 2.